The van der Waals surface area contributed by atoms with E-state index in [1.165, 1.54) is 48.5 Å². The largest absolute Gasteiger partial charge is 0.508 e. The number of phenols is 1. The Bertz CT molecular complexity index is 2260. The molecule has 1 aromatic heterocycles. The summed E-state index contributed by atoms with van der Waals surface area (Å²) in [5, 5.41) is 20.2. The number of amides is 5. The number of carbonyl (C=O) groups is 7. The summed E-state index contributed by atoms with van der Waals surface area (Å²) in [5.41, 5.74) is 1.92. The van der Waals surface area contributed by atoms with Crippen LogP contribution in [0, 0.1) is 5.92 Å². The van der Waals surface area contributed by atoms with Gasteiger partial charge in [0.2, 0.25) is 29.4 Å². The van der Waals surface area contributed by atoms with Gasteiger partial charge in [-0.2, -0.15) is 13.1 Å². The first-order valence-electron chi connectivity index (χ1n) is 20.9. The standard InChI is InChI=1S/C42H55N7O13S2/c1-6-24(3)34-35(51)38(54)44-29(19-26-11-13-28(50)14-12-26)39-43-27(22-63-39)18-23(2)17-25(4)42(57)62-21-30(40(55)48-15-8-10-33(48)37(53)46-34)45-36(52)32-9-7-16-49(32)41(56)31(20-61-5)47-64(58,59)60/h11-14,17-18,22,24,29-34,47,50H,6-10,15-16,19-21H2,1-5H3,(H,44,54)(H,45,52)(H,46,53)(H,58,59,60)/b23-18+,25-17-/t24-,29-,30-,31+,32+,33-,34-/m0/s1. The van der Waals surface area contributed by atoms with Crippen molar-refractivity contribution in [2.75, 3.05) is 33.4 Å². The predicted molar refractivity (Wildman–Crippen MR) is 231 cm³/mol. The van der Waals surface area contributed by atoms with E-state index in [4.69, 9.17) is 14.5 Å². The third-order valence-corrected chi connectivity index (χ3v) is 12.8. The van der Waals surface area contributed by atoms with Crippen molar-refractivity contribution in [3.05, 3.63) is 63.1 Å². The maximum absolute atomic E-state index is 14.5. The smallest absolute Gasteiger partial charge is 0.334 e. The molecular formula is C42H55N7O13S2. The normalized spacial score (nSPS) is 25.7. The van der Waals surface area contributed by atoms with E-state index in [1.54, 1.807) is 49.1 Å². The molecule has 64 heavy (non-hydrogen) atoms. The van der Waals surface area contributed by atoms with Crippen LogP contribution in [-0.2, 0) is 59.8 Å². The Labute approximate surface area is 375 Å². The Morgan fingerprint density at radius 3 is 2.42 bits per heavy atom. The van der Waals surface area contributed by atoms with Crippen LogP contribution in [0.2, 0.25) is 0 Å². The Morgan fingerprint density at radius 2 is 1.75 bits per heavy atom. The Morgan fingerprint density at radius 1 is 1.05 bits per heavy atom. The second kappa shape index (κ2) is 21.9. The van der Waals surface area contributed by atoms with Gasteiger partial charge in [-0.3, -0.25) is 33.3 Å². The summed E-state index contributed by atoms with van der Waals surface area (Å²) in [7, 11) is -3.64. The molecule has 5 amide bonds. The highest BCUT2D eigenvalue weighted by atomic mass is 32.2. The van der Waals surface area contributed by atoms with Crippen molar-refractivity contribution in [3.8, 4) is 5.75 Å². The molecule has 5 rings (SSSR count). The highest BCUT2D eigenvalue weighted by Gasteiger charge is 2.43. The molecule has 2 fully saturated rings. The number of hydrogen-bond donors (Lipinski definition) is 6. The van der Waals surface area contributed by atoms with Crippen LogP contribution in [-0.4, -0.2) is 138 Å². The lowest BCUT2D eigenvalue weighted by atomic mass is 9.94. The third-order valence-electron chi connectivity index (χ3n) is 11.3. The summed E-state index contributed by atoms with van der Waals surface area (Å²) < 4.78 is 45.0. The molecule has 0 unspecified atom stereocenters. The second-order valence-electron chi connectivity index (χ2n) is 16.1. The first-order chi connectivity index (χ1) is 30.3. The van der Waals surface area contributed by atoms with E-state index in [1.807, 2.05) is 0 Å². The Hall–Kier alpha value is -5.55. The van der Waals surface area contributed by atoms with E-state index in [0.29, 0.717) is 35.5 Å². The van der Waals surface area contributed by atoms with Crippen LogP contribution < -0.4 is 20.7 Å². The number of esters is 1. The molecule has 22 heteroatoms. The zero-order valence-electron chi connectivity index (χ0n) is 36.2. The maximum atomic E-state index is 14.5. The molecule has 348 valence electrons. The van der Waals surface area contributed by atoms with Crippen LogP contribution in [0.3, 0.4) is 0 Å². The number of allylic oxidation sites excluding steroid dienone is 2. The molecule has 1 aromatic carbocycles. The summed E-state index contributed by atoms with van der Waals surface area (Å²) in [6, 6.07) is -1.27. The van der Waals surface area contributed by atoms with Crippen molar-refractivity contribution in [1.82, 2.24) is 35.5 Å². The van der Waals surface area contributed by atoms with E-state index in [2.05, 4.69) is 16.0 Å². The maximum Gasteiger partial charge on any atom is 0.334 e. The van der Waals surface area contributed by atoms with Gasteiger partial charge in [-0.1, -0.05) is 32.4 Å². The highest BCUT2D eigenvalue weighted by molar-refractivity contribution is 7.83. The van der Waals surface area contributed by atoms with Crippen molar-refractivity contribution < 1.29 is 61.1 Å². The summed E-state index contributed by atoms with van der Waals surface area (Å²) in [6.07, 6.45) is 4.76. The molecule has 3 aliphatic rings. The van der Waals surface area contributed by atoms with Crippen molar-refractivity contribution in [2.45, 2.75) is 102 Å². The van der Waals surface area contributed by atoms with Gasteiger partial charge in [-0.15, -0.1) is 11.3 Å². The summed E-state index contributed by atoms with van der Waals surface area (Å²) >= 11 is 1.24. The number of hydrogen-bond acceptors (Lipinski definition) is 14. The number of ketones is 1. The molecule has 7 atom stereocenters. The fourth-order valence-electron chi connectivity index (χ4n) is 7.82. The van der Waals surface area contributed by atoms with E-state index < -0.39 is 107 Å². The van der Waals surface area contributed by atoms with Crippen molar-refractivity contribution in [2.24, 2.45) is 5.92 Å². The van der Waals surface area contributed by atoms with Crippen LogP contribution in [0.4, 0.5) is 0 Å². The lowest BCUT2D eigenvalue weighted by Crippen LogP contribution is -2.60. The number of carbonyl (C=O) groups excluding carboxylic acids is 7. The predicted octanol–water partition coefficient (Wildman–Crippen LogP) is 1.13. The number of rotatable bonds is 11. The van der Waals surface area contributed by atoms with Gasteiger partial charge in [0.1, 0.15) is 41.5 Å². The monoisotopic (exact) mass is 929 g/mol. The summed E-state index contributed by atoms with van der Waals surface area (Å²) in [4.78, 5) is 104. The van der Waals surface area contributed by atoms with Crippen LogP contribution in [0.5, 0.6) is 5.75 Å². The summed E-state index contributed by atoms with van der Waals surface area (Å²) in [6.45, 7) is 5.62. The van der Waals surface area contributed by atoms with Gasteiger partial charge in [-0.25, -0.2) is 9.78 Å². The van der Waals surface area contributed by atoms with Crippen LogP contribution in [0.25, 0.3) is 6.08 Å². The number of thiazole rings is 1. The van der Waals surface area contributed by atoms with Crippen LogP contribution in [0.1, 0.15) is 82.1 Å². The molecule has 0 spiro atoms. The minimum Gasteiger partial charge on any atom is -0.508 e. The molecule has 0 radical (unpaired) electrons. The second-order valence-corrected chi connectivity index (χ2v) is 18.2. The first-order valence-corrected chi connectivity index (χ1v) is 23.2. The number of cyclic esters (lactones) is 1. The molecule has 6 N–H and O–H groups in total. The molecule has 4 heterocycles. The average Bonchev–Trinajstić information content (AvgIpc) is 4.05. The number of aromatic hydroxyl groups is 1. The SMILES string of the molecule is CC[C@H](C)[C@@H]1NC(=O)[C@@H]2CCCN2C(=O)[C@@H](NC(=O)[C@H]2CCCN2C(=O)[C@@H](COC)NS(=O)(=O)O)COC(=O)/C(C)=C\C(C)=C\c2csc(n2)[C@H](Cc2ccc(O)cc2)NC(=O)C1=O. The van der Waals surface area contributed by atoms with Crippen molar-refractivity contribution in [1.29, 1.82) is 0 Å². The van der Waals surface area contributed by atoms with E-state index in [9.17, 15) is 51.6 Å². The number of methoxy groups -OCH3 is 1. The Balaban J connectivity index is 1.48. The highest BCUT2D eigenvalue weighted by Crippen LogP contribution is 2.27. The zero-order chi connectivity index (χ0) is 46.9. The van der Waals surface area contributed by atoms with Gasteiger partial charge in [-0.05, 0) is 87.3 Å². The number of phenolic OH excluding ortho intramolecular Hbond substituents is 1. The molecule has 3 aliphatic heterocycles. The molecule has 0 saturated carbocycles. The Kier molecular flexibility index (Phi) is 16.9. The first kappa shape index (κ1) is 49.5. The fourth-order valence-corrected chi connectivity index (χ4v) is 9.17. The van der Waals surface area contributed by atoms with Crippen molar-refractivity contribution in [3.63, 3.8) is 0 Å². The van der Waals surface area contributed by atoms with E-state index in [0.717, 1.165) is 10.5 Å². The summed E-state index contributed by atoms with van der Waals surface area (Å²) in [5.74, 6) is -6.43. The topological polar surface area (TPSA) is 280 Å². The van der Waals surface area contributed by atoms with E-state index >= 15 is 0 Å². The van der Waals surface area contributed by atoms with Gasteiger partial charge >= 0.3 is 16.3 Å². The average molecular weight is 930 g/mol. The van der Waals surface area contributed by atoms with E-state index in [-0.39, 0.29) is 43.7 Å². The van der Waals surface area contributed by atoms with Gasteiger partial charge < -0.3 is 40.3 Å². The number of nitrogens with zero attached hydrogens (tertiary/aromatic N) is 3. The molecule has 2 saturated heterocycles. The van der Waals surface area contributed by atoms with Crippen molar-refractivity contribution >= 4 is 69.0 Å². The van der Waals surface area contributed by atoms with Gasteiger partial charge in [0.15, 0.2) is 0 Å². The molecular weight excluding hydrogens is 875 g/mol. The molecule has 2 aromatic rings. The number of nitrogens with one attached hydrogen (secondary N) is 4. The van der Waals surface area contributed by atoms with Gasteiger partial charge in [0.05, 0.1) is 24.4 Å². The quantitative estimate of drug-likeness (QED) is 0.105. The molecule has 0 aliphatic carbocycles. The number of likely N-dealkylation sites (tertiary alicyclic amines) is 1. The number of ether oxygens (including phenoxy) is 2. The number of aromatic nitrogens is 1. The van der Waals surface area contributed by atoms with Gasteiger partial charge in [0.25, 0.3) is 5.91 Å². The third kappa shape index (κ3) is 12.8. The lowest BCUT2D eigenvalue weighted by molar-refractivity contribution is -0.149. The number of Topliss-reactive ketones (excluding diaryl/α,β-unsaturated/α-hetero) is 1. The number of fused-ring (bicyclic) bond motifs is 3. The number of benzene rings is 1. The minimum absolute atomic E-state index is 0.0263. The minimum atomic E-state index is -4.86. The van der Waals surface area contributed by atoms with Crippen LogP contribution in [0.15, 0.2) is 46.9 Å². The van der Waals surface area contributed by atoms with Crippen LogP contribution >= 0.6 is 11.3 Å². The lowest BCUT2D eigenvalue weighted by Gasteiger charge is -2.32. The molecule has 20 nitrogen and oxygen atoms in total. The van der Waals surface area contributed by atoms with Gasteiger partial charge in [0, 0.05) is 31.2 Å². The fraction of sp³-hybridized carbons (Fsp3) is 0.524. The molecule has 2 bridgehead atoms. The zero-order valence-corrected chi connectivity index (χ0v) is 37.8.